The van der Waals surface area contributed by atoms with Gasteiger partial charge in [0, 0.05) is 25.4 Å². The van der Waals surface area contributed by atoms with Crippen molar-refractivity contribution in [1.29, 1.82) is 0 Å². The highest BCUT2D eigenvalue weighted by molar-refractivity contribution is 6.99. The zero-order valence-corrected chi connectivity index (χ0v) is 22.7. The molecule has 3 saturated carbocycles. The summed E-state index contributed by atoms with van der Waals surface area (Å²) in [6.07, 6.45) is 5.68. The number of benzene rings is 2. The molecular weight excluding hydrogens is 452 g/mol. The monoisotopic (exact) mass is 492 g/mol. The smallest absolute Gasteiger partial charge is 0.305 e. The van der Waals surface area contributed by atoms with E-state index in [1.807, 2.05) is 0 Å². The molecule has 35 heavy (non-hydrogen) atoms. The molecule has 2 aromatic carbocycles. The van der Waals surface area contributed by atoms with Crippen molar-refractivity contribution in [3.8, 4) is 0 Å². The molecule has 2 bridgehead atoms. The fraction of sp³-hybridized carbons (Fsp3) is 0.533. The van der Waals surface area contributed by atoms with Crippen LogP contribution >= 0.6 is 0 Å². The molecule has 3 atom stereocenters. The lowest BCUT2D eigenvalue weighted by Crippen LogP contribution is -2.66. The highest BCUT2D eigenvalue weighted by Gasteiger charge is 2.52. The lowest BCUT2D eigenvalue weighted by atomic mass is 9.52. The first kappa shape index (κ1) is 25.8. The van der Waals surface area contributed by atoms with Crippen LogP contribution in [0.4, 0.5) is 0 Å². The second-order valence-corrected chi connectivity index (χ2v) is 15.9. The number of hydrogen-bond donors (Lipinski definition) is 0. The van der Waals surface area contributed by atoms with Crippen molar-refractivity contribution in [2.45, 2.75) is 70.8 Å². The number of hydrogen-bond acceptors (Lipinski definition) is 4. The van der Waals surface area contributed by atoms with E-state index in [2.05, 4.69) is 81.4 Å². The van der Waals surface area contributed by atoms with Crippen molar-refractivity contribution in [2.24, 2.45) is 17.3 Å². The van der Waals surface area contributed by atoms with Gasteiger partial charge in [0.1, 0.15) is 5.78 Å². The number of ketones is 1. The normalized spacial score (nSPS) is 24.4. The van der Waals surface area contributed by atoms with Crippen molar-refractivity contribution in [2.75, 3.05) is 13.7 Å². The lowest BCUT2D eigenvalue weighted by Gasteiger charge is -2.51. The van der Waals surface area contributed by atoms with Crippen molar-refractivity contribution in [3.63, 3.8) is 0 Å². The van der Waals surface area contributed by atoms with Crippen LogP contribution in [0.15, 0.2) is 60.7 Å². The summed E-state index contributed by atoms with van der Waals surface area (Å²) < 4.78 is 12.1. The van der Waals surface area contributed by atoms with E-state index in [4.69, 9.17) is 9.16 Å². The predicted molar refractivity (Wildman–Crippen MR) is 142 cm³/mol. The van der Waals surface area contributed by atoms with Gasteiger partial charge in [0.25, 0.3) is 8.32 Å². The molecule has 5 rings (SSSR count). The molecule has 3 unspecified atom stereocenters. The molecule has 0 spiro atoms. The summed E-state index contributed by atoms with van der Waals surface area (Å²) in [4.78, 5) is 24.9. The number of ether oxygens (including phenoxy) is 1. The molecule has 188 valence electrons. The Morgan fingerprint density at radius 1 is 1.03 bits per heavy atom. The number of methoxy groups -OCH3 is 1. The van der Waals surface area contributed by atoms with Gasteiger partial charge in [-0.3, -0.25) is 9.59 Å². The lowest BCUT2D eigenvalue weighted by molar-refractivity contribution is -0.150. The van der Waals surface area contributed by atoms with E-state index < -0.39 is 8.32 Å². The van der Waals surface area contributed by atoms with Crippen LogP contribution in [-0.4, -0.2) is 33.8 Å². The molecular formula is C30H40O4Si. The standard InChI is InChI=1S/C30H40O4Si/c1-29(2,3)35(25-12-7-5-8-13-25,26-14-9-6-10-15-26)34-19-11-17-30-18-16-23(27(31)22-30)20-24(30)21-28(32)33-4/h5-10,12-15,23-24H,11,16-22H2,1-4H3. The quantitative estimate of drug-likeness (QED) is 0.271. The summed E-state index contributed by atoms with van der Waals surface area (Å²) in [5.74, 6) is 0.613. The van der Waals surface area contributed by atoms with Gasteiger partial charge in [0.15, 0.2) is 0 Å². The van der Waals surface area contributed by atoms with Gasteiger partial charge < -0.3 is 9.16 Å². The Hall–Kier alpha value is -2.24. The molecule has 0 saturated heterocycles. The first-order valence-electron chi connectivity index (χ1n) is 13.1. The highest BCUT2D eigenvalue weighted by Crippen LogP contribution is 2.56. The van der Waals surface area contributed by atoms with E-state index in [1.165, 1.54) is 17.5 Å². The van der Waals surface area contributed by atoms with E-state index in [9.17, 15) is 9.59 Å². The maximum atomic E-state index is 12.7. The van der Waals surface area contributed by atoms with Gasteiger partial charge in [-0.15, -0.1) is 0 Å². The highest BCUT2D eigenvalue weighted by atomic mass is 28.4. The van der Waals surface area contributed by atoms with Crippen LogP contribution in [0.2, 0.25) is 5.04 Å². The fourth-order valence-corrected chi connectivity index (χ4v) is 11.4. The minimum atomic E-state index is -2.56. The molecule has 0 aromatic heterocycles. The number of fused-ring (bicyclic) bond motifs is 3. The van der Waals surface area contributed by atoms with E-state index >= 15 is 0 Å². The molecule has 5 heteroatoms. The van der Waals surface area contributed by atoms with Crippen molar-refractivity contribution in [1.82, 2.24) is 0 Å². The average molecular weight is 493 g/mol. The second-order valence-electron chi connectivity index (χ2n) is 11.6. The van der Waals surface area contributed by atoms with Crippen LogP contribution in [0.3, 0.4) is 0 Å². The first-order valence-corrected chi connectivity index (χ1v) is 15.0. The van der Waals surface area contributed by atoms with Gasteiger partial charge in [0.05, 0.1) is 7.11 Å². The summed E-state index contributed by atoms with van der Waals surface area (Å²) in [6.45, 7) is 7.54. The van der Waals surface area contributed by atoms with Crippen LogP contribution in [0.25, 0.3) is 0 Å². The Morgan fingerprint density at radius 3 is 2.14 bits per heavy atom. The number of Topliss-reactive ketones (excluding diaryl/α,β-unsaturated/α-hetero) is 1. The third-order valence-electron chi connectivity index (χ3n) is 8.60. The third kappa shape index (κ3) is 5.03. The number of rotatable bonds is 9. The Bertz CT molecular complexity index is 974. The molecule has 0 heterocycles. The minimum absolute atomic E-state index is 0.0553. The SMILES string of the molecule is COC(=O)CC1CC2CCC1(CCCO[Si](c1ccccc1)(c1ccccc1)C(C)(C)C)CC2=O. The largest absolute Gasteiger partial charge is 0.469 e. The Morgan fingerprint density at radius 2 is 1.63 bits per heavy atom. The average Bonchev–Trinajstić information content (AvgIpc) is 2.85. The van der Waals surface area contributed by atoms with E-state index in [-0.39, 0.29) is 28.3 Å². The van der Waals surface area contributed by atoms with Gasteiger partial charge in [-0.2, -0.15) is 0 Å². The number of esters is 1. The van der Waals surface area contributed by atoms with Gasteiger partial charge in [0.2, 0.25) is 0 Å². The van der Waals surface area contributed by atoms with Gasteiger partial charge >= 0.3 is 5.97 Å². The van der Waals surface area contributed by atoms with Crippen LogP contribution in [0.5, 0.6) is 0 Å². The zero-order valence-electron chi connectivity index (χ0n) is 21.7. The molecule has 0 aliphatic heterocycles. The number of carbonyl (C=O) groups excluding carboxylic acids is 2. The van der Waals surface area contributed by atoms with Crippen molar-refractivity contribution >= 4 is 30.4 Å². The summed E-state index contributed by atoms with van der Waals surface area (Å²) in [7, 11) is -1.11. The Balaban J connectivity index is 1.56. The van der Waals surface area contributed by atoms with Gasteiger partial charge in [-0.25, -0.2) is 0 Å². The summed E-state index contributed by atoms with van der Waals surface area (Å²) in [5, 5.41) is 2.52. The summed E-state index contributed by atoms with van der Waals surface area (Å²) >= 11 is 0. The molecule has 3 aliphatic rings. The van der Waals surface area contributed by atoms with Crippen molar-refractivity contribution < 1.29 is 18.8 Å². The van der Waals surface area contributed by atoms with Crippen LogP contribution in [0, 0.1) is 17.3 Å². The minimum Gasteiger partial charge on any atom is -0.469 e. The van der Waals surface area contributed by atoms with Gasteiger partial charge in [-0.05, 0) is 58.8 Å². The zero-order chi connectivity index (χ0) is 25.1. The Kier molecular flexibility index (Phi) is 7.67. The Labute approximate surface area is 211 Å². The molecule has 0 amide bonds. The summed E-state index contributed by atoms with van der Waals surface area (Å²) in [6, 6.07) is 21.4. The topological polar surface area (TPSA) is 52.6 Å². The molecule has 0 radical (unpaired) electrons. The van der Waals surface area contributed by atoms with Crippen LogP contribution in [-0.2, 0) is 18.8 Å². The summed E-state index contributed by atoms with van der Waals surface area (Å²) in [5.41, 5.74) is -0.0885. The molecule has 3 aliphatic carbocycles. The van der Waals surface area contributed by atoms with Gasteiger partial charge in [-0.1, -0.05) is 81.4 Å². The van der Waals surface area contributed by atoms with Crippen LogP contribution in [0.1, 0.15) is 65.7 Å². The van der Waals surface area contributed by atoms with E-state index in [1.54, 1.807) is 0 Å². The maximum Gasteiger partial charge on any atom is 0.305 e. The molecule has 0 N–H and O–H groups in total. The second kappa shape index (κ2) is 10.4. The molecule has 2 aromatic rings. The van der Waals surface area contributed by atoms with E-state index in [0.717, 1.165) is 32.1 Å². The first-order chi connectivity index (χ1) is 16.7. The molecule has 4 nitrogen and oxygen atoms in total. The maximum absolute atomic E-state index is 12.7. The fourth-order valence-electron chi connectivity index (χ4n) is 6.81. The van der Waals surface area contributed by atoms with Crippen molar-refractivity contribution in [3.05, 3.63) is 60.7 Å². The molecule has 3 fully saturated rings. The van der Waals surface area contributed by atoms with Crippen LogP contribution < -0.4 is 10.4 Å². The number of carbonyl (C=O) groups is 2. The predicted octanol–water partition coefficient (Wildman–Crippen LogP) is 5.28. The third-order valence-corrected chi connectivity index (χ3v) is 13.6. The van der Waals surface area contributed by atoms with E-state index in [0.29, 0.717) is 25.2 Å².